The average Bonchev–Trinajstić information content (AvgIpc) is 3.16. The number of nitrogens with one attached hydrogen (secondary N) is 1. The summed E-state index contributed by atoms with van der Waals surface area (Å²) in [4.78, 5) is 0.634. The molecule has 0 bridgehead atoms. The zero-order valence-electron chi connectivity index (χ0n) is 9.91. The summed E-state index contributed by atoms with van der Waals surface area (Å²) >= 11 is 5.19. The van der Waals surface area contributed by atoms with Crippen molar-refractivity contribution >= 4 is 22.9 Å². The fourth-order valence-electron chi connectivity index (χ4n) is 2.67. The van der Waals surface area contributed by atoms with Crippen LogP contribution in [0.2, 0.25) is 0 Å². The van der Waals surface area contributed by atoms with Crippen molar-refractivity contribution in [2.45, 2.75) is 18.4 Å². The van der Waals surface area contributed by atoms with Gasteiger partial charge in [-0.3, -0.25) is 0 Å². The highest BCUT2D eigenvalue weighted by Gasteiger charge is 2.50. The molecule has 0 unspecified atom stereocenters. The van der Waals surface area contributed by atoms with E-state index in [-0.39, 0.29) is 5.82 Å². The third-order valence-corrected chi connectivity index (χ3v) is 3.89. The van der Waals surface area contributed by atoms with Crippen molar-refractivity contribution < 1.29 is 9.13 Å². The number of nitrogens with two attached hydrogens (primary N) is 1. The Hall–Kier alpha value is -1.20. The van der Waals surface area contributed by atoms with E-state index >= 15 is 0 Å². The van der Waals surface area contributed by atoms with Crippen molar-refractivity contribution in [2.24, 2.45) is 5.92 Å². The van der Waals surface area contributed by atoms with Gasteiger partial charge in [0.1, 0.15) is 10.8 Å². The molecule has 2 aliphatic rings. The standard InChI is InChI=1S/C13H15FN2OS/c14-11-4-3-9(15)5-10(11)13(8-1-2-8)7-17-6-12(18)16-13/h3-5,8H,1-2,6-7,15H2,(H,16,18)/t13-/m0/s1. The minimum absolute atomic E-state index is 0.253. The summed E-state index contributed by atoms with van der Waals surface area (Å²) in [5.74, 6) is 0.115. The third-order valence-electron chi connectivity index (χ3n) is 3.67. The summed E-state index contributed by atoms with van der Waals surface area (Å²) < 4.78 is 19.7. The van der Waals surface area contributed by atoms with Gasteiger partial charge in [0.25, 0.3) is 0 Å². The van der Waals surface area contributed by atoms with Gasteiger partial charge in [0, 0.05) is 11.3 Å². The number of morpholine rings is 1. The highest BCUT2D eigenvalue weighted by molar-refractivity contribution is 7.80. The van der Waals surface area contributed by atoms with E-state index in [2.05, 4.69) is 5.32 Å². The van der Waals surface area contributed by atoms with Gasteiger partial charge in [-0.05, 0) is 37.0 Å². The third kappa shape index (κ3) is 1.87. The quantitative estimate of drug-likeness (QED) is 0.634. The van der Waals surface area contributed by atoms with E-state index in [0.29, 0.717) is 35.4 Å². The van der Waals surface area contributed by atoms with Gasteiger partial charge >= 0.3 is 0 Å². The van der Waals surface area contributed by atoms with E-state index in [1.807, 2.05) is 0 Å². The first-order chi connectivity index (χ1) is 8.62. The van der Waals surface area contributed by atoms with Crippen LogP contribution in [0.15, 0.2) is 18.2 Å². The maximum Gasteiger partial charge on any atom is 0.129 e. The number of benzene rings is 1. The lowest BCUT2D eigenvalue weighted by atomic mass is 9.84. The van der Waals surface area contributed by atoms with Crippen LogP contribution >= 0.6 is 12.2 Å². The van der Waals surface area contributed by atoms with E-state index in [9.17, 15) is 4.39 Å². The van der Waals surface area contributed by atoms with Crippen molar-refractivity contribution in [3.8, 4) is 0 Å². The van der Waals surface area contributed by atoms with Gasteiger partial charge in [0.2, 0.25) is 0 Å². The summed E-state index contributed by atoms with van der Waals surface area (Å²) in [6.45, 7) is 0.853. The van der Waals surface area contributed by atoms with E-state index in [0.717, 1.165) is 12.8 Å². The molecule has 2 fully saturated rings. The van der Waals surface area contributed by atoms with E-state index < -0.39 is 5.54 Å². The molecule has 3 nitrogen and oxygen atoms in total. The Morgan fingerprint density at radius 1 is 1.44 bits per heavy atom. The zero-order valence-corrected chi connectivity index (χ0v) is 10.7. The van der Waals surface area contributed by atoms with Gasteiger partial charge in [0.15, 0.2) is 0 Å². The maximum absolute atomic E-state index is 14.1. The highest BCUT2D eigenvalue weighted by atomic mass is 32.1. The largest absolute Gasteiger partial charge is 0.399 e. The maximum atomic E-state index is 14.1. The van der Waals surface area contributed by atoms with Crippen LogP contribution in [0.5, 0.6) is 0 Å². The topological polar surface area (TPSA) is 47.3 Å². The first-order valence-electron chi connectivity index (χ1n) is 6.06. The fraction of sp³-hybridized carbons (Fsp3) is 0.462. The van der Waals surface area contributed by atoms with E-state index in [1.54, 1.807) is 12.1 Å². The Bertz CT molecular complexity index is 504. The Kier molecular flexibility index (Phi) is 2.75. The molecule has 1 saturated carbocycles. The van der Waals surface area contributed by atoms with Crippen molar-refractivity contribution in [2.75, 3.05) is 18.9 Å². The second-order valence-corrected chi connectivity index (χ2v) is 5.52. The van der Waals surface area contributed by atoms with Crippen LogP contribution in [0.1, 0.15) is 18.4 Å². The van der Waals surface area contributed by atoms with Crippen LogP contribution in [-0.2, 0) is 10.3 Å². The number of nitrogen functional groups attached to an aromatic ring is 1. The van der Waals surface area contributed by atoms with Gasteiger partial charge in [-0.1, -0.05) is 12.2 Å². The SMILES string of the molecule is Nc1ccc(F)c([C@@]2(C3CC3)COCC(=S)N2)c1. The lowest BCUT2D eigenvalue weighted by Crippen LogP contribution is -2.56. The normalized spacial score (nSPS) is 27.9. The molecule has 1 atom stereocenters. The molecule has 0 amide bonds. The molecule has 1 aromatic carbocycles. The minimum Gasteiger partial charge on any atom is -0.399 e. The monoisotopic (exact) mass is 266 g/mol. The van der Waals surface area contributed by atoms with Gasteiger partial charge < -0.3 is 15.8 Å². The summed E-state index contributed by atoms with van der Waals surface area (Å²) in [6, 6.07) is 4.67. The van der Waals surface area contributed by atoms with Crippen molar-refractivity contribution in [3.05, 3.63) is 29.6 Å². The lowest BCUT2D eigenvalue weighted by molar-refractivity contribution is 0.0640. The Balaban J connectivity index is 2.08. The van der Waals surface area contributed by atoms with Crippen molar-refractivity contribution in [1.29, 1.82) is 0 Å². The number of rotatable bonds is 2. The minimum atomic E-state index is -0.533. The molecular weight excluding hydrogens is 251 g/mol. The summed E-state index contributed by atoms with van der Waals surface area (Å²) in [5.41, 5.74) is 6.38. The van der Waals surface area contributed by atoms with Crippen LogP contribution in [0, 0.1) is 11.7 Å². The number of halogens is 1. The molecular formula is C13H15FN2OS. The lowest BCUT2D eigenvalue weighted by Gasteiger charge is -2.40. The predicted molar refractivity (Wildman–Crippen MR) is 71.8 cm³/mol. The number of thiocarbonyl (C=S) groups is 1. The molecule has 0 spiro atoms. The number of hydrogen-bond donors (Lipinski definition) is 2. The Morgan fingerprint density at radius 3 is 2.89 bits per heavy atom. The van der Waals surface area contributed by atoms with Gasteiger partial charge in [-0.25, -0.2) is 4.39 Å². The summed E-state index contributed by atoms with van der Waals surface area (Å²) in [7, 11) is 0. The molecule has 18 heavy (non-hydrogen) atoms. The molecule has 0 radical (unpaired) electrons. The molecule has 0 aromatic heterocycles. The van der Waals surface area contributed by atoms with Gasteiger partial charge in [-0.15, -0.1) is 0 Å². The number of ether oxygens (including phenoxy) is 1. The van der Waals surface area contributed by atoms with Gasteiger partial charge in [0.05, 0.1) is 18.8 Å². The average molecular weight is 266 g/mol. The molecule has 1 aliphatic heterocycles. The van der Waals surface area contributed by atoms with Crippen molar-refractivity contribution in [3.63, 3.8) is 0 Å². The first kappa shape index (κ1) is 11.9. The number of anilines is 1. The second kappa shape index (κ2) is 4.17. The smallest absolute Gasteiger partial charge is 0.129 e. The highest BCUT2D eigenvalue weighted by Crippen LogP contribution is 2.47. The van der Waals surface area contributed by atoms with Crippen LogP contribution in [0.4, 0.5) is 10.1 Å². The second-order valence-electron chi connectivity index (χ2n) is 5.03. The molecule has 1 aliphatic carbocycles. The summed E-state index contributed by atoms with van der Waals surface area (Å²) in [5, 5.41) is 3.29. The van der Waals surface area contributed by atoms with E-state index in [4.69, 9.17) is 22.7 Å². The zero-order chi connectivity index (χ0) is 12.8. The van der Waals surface area contributed by atoms with Crippen molar-refractivity contribution in [1.82, 2.24) is 5.32 Å². The molecule has 3 N–H and O–H groups in total. The van der Waals surface area contributed by atoms with E-state index in [1.165, 1.54) is 6.07 Å². The molecule has 96 valence electrons. The van der Waals surface area contributed by atoms with Crippen LogP contribution in [-0.4, -0.2) is 18.2 Å². The van der Waals surface area contributed by atoms with Crippen LogP contribution in [0.25, 0.3) is 0 Å². The molecule has 5 heteroatoms. The Morgan fingerprint density at radius 2 is 2.22 bits per heavy atom. The first-order valence-corrected chi connectivity index (χ1v) is 6.47. The molecule has 1 saturated heterocycles. The molecule has 1 aromatic rings. The molecule has 1 heterocycles. The summed E-state index contributed by atoms with van der Waals surface area (Å²) in [6.07, 6.45) is 2.13. The van der Waals surface area contributed by atoms with Gasteiger partial charge in [-0.2, -0.15) is 0 Å². The number of hydrogen-bond acceptors (Lipinski definition) is 3. The predicted octanol–water partition coefficient (Wildman–Crippen LogP) is 1.96. The molecule has 3 rings (SSSR count). The fourth-order valence-corrected chi connectivity index (χ4v) is 2.94. The Labute approximate surface area is 111 Å². The van der Waals surface area contributed by atoms with Crippen LogP contribution < -0.4 is 11.1 Å². The van der Waals surface area contributed by atoms with Crippen LogP contribution in [0.3, 0.4) is 0 Å².